The Balaban J connectivity index is 3.40. The number of aliphatic carboxylic acids is 1. The summed E-state index contributed by atoms with van der Waals surface area (Å²) in [5.41, 5.74) is 0. The molecule has 3 heteroatoms. The maximum Gasteiger partial charge on any atom is 0.303 e. The molecule has 0 aromatic heterocycles. The van der Waals surface area contributed by atoms with Crippen molar-refractivity contribution in [1.82, 2.24) is 0 Å². The van der Waals surface area contributed by atoms with E-state index in [1.54, 1.807) is 0 Å². The molecule has 0 fully saturated rings. The molecule has 3 nitrogen and oxygen atoms in total. The molecule has 0 aliphatic heterocycles. The SMILES string of the molecule is CCCCC[C@H](O)C#CC#CCCCCCCCCCC(=O)O. The van der Waals surface area contributed by atoms with Gasteiger partial charge in [0.15, 0.2) is 0 Å². The van der Waals surface area contributed by atoms with Crippen LogP contribution in [0.15, 0.2) is 0 Å². The molecule has 0 heterocycles. The summed E-state index contributed by atoms with van der Waals surface area (Å²) in [5.74, 6) is 10.7. The number of hydrogen-bond donors (Lipinski definition) is 2. The van der Waals surface area contributed by atoms with Gasteiger partial charge in [0.05, 0.1) is 0 Å². The van der Waals surface area contributed by atoms with Crippen molar-refractivity contribution in [2.24, 2.45) is 0 Å². The van der Waals surface area contributed by atoms with E-state index in [1.165, 1.54) is 19.3 Å². The quantitative estimate of drug-likeness (QED) is 0.387. The van der Waals surface area contributed by atoms with Crippen LogP contribution in [0.1, 0.15) is 90.4 Å². The van der Waals surface area contributed by atoms with E-state index in [1.807, 2.05) is 0 Å². The van der Waals surface area contributed by atoms with Gasteiger partial charge in [-0.15, -0.1) is 0 Å². The monoisotopic (exact) mass is 320 g/mol. The first-order chi connectivity index (χ1) is 11.2. The number of hydrogen-bond acceptors (Lipinski definition) is 2. The first kappa shape index (κ1) is 21.6. The van der Waals surface area contributed by atoms with Crippen molar-refractivity contribution in [2.75, 3.05) is 0 Å². The van der Waals surface area contributed by atoms with Crippen molar-refractivity contribution < 1.29 is 15.0 Å². The zero-order valence-electron chi connectivity index (χ0n) is 14.6. The minimum atomic E-state index is -0.694. The summed E-state index contributed by atoms with van der Waals surface area (Å²) in [6.07, 6.45) is 12.3. The number of carboxylic acids is 1. The summed E-state index contributed by atoms with van der Waals surface area (Å²) in [5, 5.41) is 18.1. The van der Waals surface area contributed by atoms with Crippen LogP contribution in [0, 0.1) is 23.7 Å². The predicted octanol–water partition coefficient (Wildman–Crippen LogP) is 4.53. The lowest BCUT2D eigenvalue weighted by molar-refractivity contribution is -0.137. The fourth-order valence-corrected chi connectivity index (χ4v) is 2.26. The van der Waals surface area contributed by atoms with Crippen LogP contribution >= 0.6 is 0 Å². The van der Waals surface area contributed by atoms with Crippen LogP contribution in [-0.4, -0.2) is 22.3 Å². The second-order valence-electron chi connectivity index (χ2n) is 5.95. The van der Waals surface area contributed by atoms with Crippen LogP contribution in [0.4, 0.5) is 0 Å². The lowest BCUT2D eigenvalue weighted by atomic mass is 10.1. The average Bonchev–Trinajstić information content (AvgIpc) is 2.51. The molecular formula is C20H32O3. The van der Waals surface area contributed by atoms with E-state index < -0.39 is 12.1 Å². The van der Waals surface area contributed by atoms with Crippen LogP contribution in [-0.2, 0) is 4.79 Å². The second kappa shape index (κ2) is 16.9. The lowest BCUT2D eigenvalue weighted by Crippen LogP contribution is -2.01. The van der Waals surface area contributed by atoms with Crippen molar-refractivity contribution in [3.05, 3.63) is 0 Å². The predicted molar refractivity (Wildman–Crippen MR) is 94.9 cm³/mol. The first-order valence-corrected chi connectivity index (χ1v) is 9.05. The summed E-state index contributed by atoms with van der Waals surface area (Å²) in [6, 6.07) is 0. The van der Waals surface area contributed by atoms with Crippen LogP contribution in [0.3, 0.4) is 0 Å². The molecule has 0 saturated heterocycles. The Morgan fingerprint density at radius 3 is 2.22 bits per heavy atom. The molecule has 0 aliphatic carbocycles. The lowest BCUT2D eigenvalue weighted by Gasteiger charge is -2.00. The number of rotatable bonds is 13. The molecule has 130 valence electrons. The zero-order valence-corrected chi connectivity index (χ0v) is 14.6. The van der Waals surface area contributed by atoms with Gasteiger partial charge in [0.2, 0.25) is 0 Å². The summed E-state index contributed by atoms with van der Waals surface area (Å²) < 4.78 is 0. The number of carbonyl (C=O) groups is 1. The molecular weight excluding hydrogens is 288 g/mol. The molecule has 0 aromatic carbocycles. The highest BCUT2D eigenvalue weighted by atomic mass is 16.4. The Kier molecular flexibility index (Phi) is 15.8. The molecule has 0 saturated carbocycles. The van der Waals surface area contributed by atoms with Gasteiger partial charge in [0.1, 0.15) is 6.10 Å². The Morgan fingerprint density at radius 1 is 0.913 bits per heavy atom. The molecule has 1 atom stereocenters. The summed E-state index contributed by atoms with van der Waals surface area (Å²) in [7, 11) is 0. The smallest absolute Gasteiger partial charge is 0.303 e. The van der Waals surface area contributed by atoms with E-state index >= 15 is 0 Å². The van der Waals surface area contributed by atoms with E-state index in [2.05, 4.69) is 30.6 Å². The minimum absolute atomic E-state index is 0.296. The topological polar surface area (TPSA) is 57.5 Å². The maximum absolute atomic E-state index is 10.3. The van der Waals surface area contributed by atoms with Crippen LogP contribution in [0.5, 0.6) is 0 Å². The average molecular weight is 320 g/mol. The largest absolute Gasteiger partial charge is 0.481 e. The Hall–Kier alpha value is -1.45. The highest BCUT2D eigenvalue weighted by Crippen LogP contribution is 2.09. The summed E-state index contributed by atoms with van der Waals surface area (Å²) in [4.78, 5) is 10.3. The van der Waals surface area contributed by atoms with E-state index in [4.69, 9.17) is 5.11 Å². The number of aliphatic hydroxyl groups is 1. The zero-order chi connectivity index (χ0) is 17.2. The first-order valence-electron chi connectivity index (χ1n) is 9.05. The van der Waals surface area contributed by atoms with Gasteiger partial charge < -0.3 is 10.2 Å². The molecule has 0 aromatic rings. The Morgan fingerprint density at radius 2 is 1.57 bits per heavy atom. The van der Waals surface area contributed by atoms with Gasteiger partial charge in [-0.1, -0.05) is 63.7 Å². The number of aliphatic hydroxyl groups excluding tert-OH is 1. The Bertz CT molecular complexity index is 406. The number of unbranched alkanes of at least 4 members (excludes halogenated alkanes) is 9. The summed E-state index contributed by atoms with van der Waals surface area (Å²) in [6.45, 7) is 2.14. The molecule has 0 aliphatic rings. The van der Waals surface area contributed by atoms with Gasteiger partial charge >= 0.3 is 5.97 Å². The van der Waals surface area contributed by atoms with Crippen LogP contribution < -0.4 is 0 Å². The molecule has 2 N–H and O–H groups in total. The van der Waals surface area contributed by atoms with E-state index in [-0.39, 0.29) is 0 Å². The van der Waals surface area contributed by atoms with Gasteiger partial charge in [-0.25, -0.2) is 0 Å². The van der Waals surface area contributed by atoms with Crippen molar-refractivity contribution in [2.45, 2.75) is 96.5 Å². The normalized spacial score (nSPS) is 11.0. The fraction of sp³-hybridized carbons (Fsp3) is 0.750. The van der Waals surface area contributed by atoms with Crippen molar-refractivity contribution in [3.8, 4) is 23.7 Å². The number of carboxylic acid groups (broad SMARTS) is 1. The molecule has 0 amide bonds. The molecule has 0 rings (SSSR count). The third-order valence-electron chi connectivity index (χ3n) is 3.66. The van der Waals surface area contributed by atoms with Gasteiger partial charge in [-0.3, -0.25) is 4.79 Å². The molecule has 0 radical (unpaired) electrons. The third kappa shape index (κ3) is 18.5. The molecule has 0 spiro atoms. The standard InChI is InChI=1S/C20H32O3/c1-2-3-13-16-19(21)17-14-11-9-7-5-4-6-8-10-12-15-18-20(22)23/h19,21H,2-8,10,12-13,15-16,18H2,1H3,(H,22,23)/t19-/m0/s1. The van der Waals surface area contributed by atoms with Gasteiger partial charge in [-0.05, 0) is 37.5 Å². The second-order valence-corrected chi connectivity index (χ2v) is 5.95. The minimum Gasteiger partial charge on any atom is -0.481 e. The van der Waals surface area contributed by atoms with E-state index in [9.17, 15) is 9.90 Å². The molecule has 0 bridgehead atoms. The third-order valence-corrected chi connectivity index (χ3v) is 3.66. The summed E-state index contributed by atoms with van der Waals surface area (Å²) >= 11 is 0. The van der Waals surface area contributed by atoms with Crippen LogP contribution in [0.2, 0.25) is 0 Å². The van der Waals surface area contributed by atoms with Gasteiger partial charge in [-0.2, -0.15) is 0 Å². The molecule has 23 heavy (non-hydrogen) atoms. The van der Waals surface area contributed by atoms with E-state index in [0.717, 1.165) is 57.8 Å². The maximum atomic E-state index is 10.3. The van der Waals surface area contributed by atoms with Crippen molar-refractivity contribution in [3.63, 3.8) is 0 Å². The molecule has 0 unspecified atom stereocenters. The Labute approximate surface area is 141 Å². The van der Waals surface area contributed by atoms with Crippen molar-refractivity contribution in [1.29, 1.82) is 0 Å². The van der Waals surface area contributed by atoms with Gasteiger partial charge in [0.25, 0.3) is 0 Å². The van der Waals surface area contributed by atoms with Crippen molar-refractivity contribution >= 4 is 5.97 Å². The van der Waals surface area contributed by atoms with Crippen LogP contribution in [0.25, 0.3) is 0 Å². The van der Waals surface area contributed by atoms with Gasteiger partial charge in [0, 0.05) is 12.8 Å². The van der Waals surface area contributed by atoms with E-state index in [0.29, 0.717) is 6.42 Å². The fourth-order valence-electron chi connectivity index (χ4n) is 2.26. The highest BCUT2D eigenvalue weighted by molar-refractivity contribution is 5.66. The highest BCUT2D eigenvalue weighted by Gasteiger charge is 1.97.